The Bertz CT molecular complexity index is 664. The number of hydrogen-bond acceptors (Lipinski definition) is 3. The van der Waals surface area contributed by atoms with E-state index in [4.69, 9.17) is 5.73 Å². The van der Waals surface area contributed by atoms with E-state index in [1.165, 1.54) is 0 Å². The molecule has 0 aliphatic heterocycles. The van der Waals surface area contributed by atoms with Gasteiger partial charge in [0.25, 0.3) is 0 Å². The number of anilines is 1. The van der Waals surface area contributed by atoms with Crippen molar-refractivity contribution in [2.75, 3.05) is 5.73 Å². The fraction of sp³-hybridized carbons (Fsp3) is 0.0769. The number of nitrogens with one attached hydrogen (secondary N) is 1. The number of hydrogen-bond donors (Lipinski definition) is 2. The molecule has 0 radical (unpaired) electrons. The second-order valence-corrected chi connectivity index (χ2v) is 4.03. The molecule has 0 aliphatic rings. The summed E-state index contributed by atoms with van der Waals surface area (Å²) >= 11 is 0. The van der Waals surface area contributed by atoms with Gasteiger partial charge in [0.05, 0.1) is 5.69 Å². The normalized spacial score (nSPS) is 10.9. The summed E-state index contributed by atoms with van der Waals surface area (Å²) in [5, 5.41) is 1.16. The predicted molar refractivity (Wildman–Crippen MR) is 68.5 cm³/mol. The Morgan fingerprint density at radius 3 is 2.82 bits per heavy atom. The first kappa shape index (κ1) is 9.84. The Hall–Kier alpha value is -2.36. The average molecular weight is 224 g/mol. The highest BCUT2D eigenvalue weighted by molar-refractivity contribution is 5.84. The molecule has 0 amide bonds. The molecule has 17 heavy (non-hydrogen) atoms. The summed E-state index contributed by atoms with van der Waals surface area (Å²) in [5.74, 6) is 0.314. The zero-order valence-electron chi connectivity index (χ0n) is 9.44. The molecule has 3 aromatic rings. The maximum Gasteiger partial charge on any atom is 0.220 e. The zero-order valence-corrected chi connectivity index (χ0v) is 9.44. The SMILES string of the molecule is Cc1cc(-c2ccc3[nH]ccc3c2)nc(N)n1. The lowest BCUT2D eigenvalue weighted by Gasteiger charge is -2.03. The summed E-state index contributed by atoms with van der Waals surface area (Å²) in [6.07, 6.45) is 1.92. The van der Waals surface area contributed by atoms with Crippen LogP contribution in [0.25, 0.3) is 22.2 Å². The van der Waals surface area contributed by atoms with E-state index in [1.54, 1.807) is 0 Å². The number of rotatable bonds is 1. The van der Waals surface area contributed by atoms with Crippen molar-refractivity contribution in [3.8, 4) is 11.3 Å². The first-order valence-electron chi connectivity index (χ1n) is 5.41. The van der Waals surface area contributed by atoms with Gasteiger partial charge >= 0.3 is 0 Å². The van der Waals surface area contributed by atoms with E-state index in [0.717, 1.165) is 27.9 Å². The molecule has 4 nitrogen and oxygen atoms in total. The molecule has 4 heteroatoms. The van der Waals surface area contributed by atoms with Gasteiger partial charge in [0, 0.05) is 28.4 Å². The molecule has 2 heterocycles. The lowest BCUT2D eigenvalue weighted by molar-refractivity contribution is 1.12. The minimum Gasteiger partial charge on any atom is -0.368 e. The molecule has 0 aliphatic carbocycles. The molecular formula is C13H12N4. The first-order valence-corrected chi connectivity index (χ1v) is 5.41. The molecule has 0 atom stereocenters. The second-order valence-electron chi connectivity index (χ2n) is 4.03. The highest BCUT2D eigenvalue weighted by atomic mass is 15.0. The van der Waals surface area contributed by atoms with Crippen molar-refractivity contribution in [2.45, 2.75) is 6.92 Å². The van der Waals surface area contributed by atoms with Crippen LogP contribution in [-0.2, 0) is 0 Å². The maximum absolute atomic E-state index is 5.66. The zero-order chi connectivity index (χ0) is 11.8. The van der Waals surface area contributed by atoms with Crippen LogP contribution in [0, 0.1) is 6.92 Å². The summed E-state index contributed by atoms with van der Waals surface area (Å²) in [5.41, 5.74) is 9.57. The maximum atomic E-state index is 5.66. The van der Waals surface area contributed by atoms with E-state index in [0.29, 0.717) is 5.95 Å². The number of aromatic nitrogens is 3. The van der Waals surface area contributed by atoms with Crippen LogP contribution in [-0.4, -0.2) is 15.0 Å². The molecule has 0 unspecified atom stereocenters. The van der Waals surface area contributed by atoms with Gasteiger partial charge in [-0.2, -0.15) is 0 Å². The second kappa shape index (κ2) is 3.59. The van der Waals surface area contributed by atoms with Gasteiger partial charge in [-0.15, -0.1) is 0 Å². The lowest BCUT2D eigenvalue weighted by atomic mass is 10.1. The van der Waals surface area contributed by atoms with Crippen molar-refractivity contribution in [1.29, 1.82) is 0 Å². The molecular weight excluding hydrogens is 212 g/mol. The summed E-state index contributed by atoms with van der Waals surface area (Å²) < 4.78 is 0. The van der Waals surface area contributed by atoms with Gasteiger partial charge in [-0.1, -0.05) is 6.07 Å². The van der Waals surface area contributed by atoms with Crippen molar-refractivity contribution < 1.29 is 0 Å². The summed E-state index contributed by atoms with van der Waals surface area (Å²) in [7, 11) is 0. The number of nitrogens with two attached hydrogens (primary N) is 1. The summed E-state index contributed by atoms with van der Waals surface area (Å²) in [6, 6.07) is 10.1. The number of nitrogen functional groups attached to an aromatic ring is 1. The highest BCUT2D eigenvalue weighted by Crippen LogP contribution is 2.23. The fourth-order valence-electron chi connectivity index (χ4n) is 1.95. The molecule has 0 spiro atoms. The average Bonchev–Trinajstić information content (AvgIpc) is 2.74. The standard InChI is InChI=1S/C13H12N4/c1-8-6-12(17-13(14)16-8)9-2-3-11-10(7-9)4-5-15-11/h2-7,15H,1H3,(H2,14,16,17). The van der Waals surface area contributed by atoms with Crippen LogP contribution in [0.15, 0.2) is 36.5 Å². The summed E-state index contributed by atoms with van der Waals surface area (Å²) in [4.78, 5) is 11.5. The van der Waals surface area contributed by atoms with E-state index >= 15 is 0 Å². The molecule has 1 aromatic carbocycles. The Morgan fingerprint density at radius 2 is 2.00 bits per heavy atom. The highest BCUT2D eigenvalue weighted by Gasteiger charge is 2.04. The number of H-pyrrole nitrogens is 1. The van der Waals surface area contributed by atoms with Gasteiger partial charge < -0.3 is 10.7 Å². The number of nitrogens with zero attached hydrogens (tertiary/aromatic N) is 2. The van der Waals surface area contributed by atoms with Gasteiger partial charge in [0.15, 0.2) is 0 Å². The minimum absolute atomic E-state index is 0.314. The van der Waals surface area contributed by atoms with Crippen molar-refractivity contribution >= 4 is 16.9 Å². The smallest absolute Gasteiger partial charge is 0.220 e. The molecule has 3 rings (SSSR count). The van der Waals surface area contributed by atoms with Crippen molar-refractivity contribution in [3.63, 3.8) is 0 Å². The van der Waals surface area contributed by atoms with E-state index in [9.17, 15) is 0 Å². The van der Waals surface area contributed by atoms with Crippen LogP contribution in [0.3, 0.4) is 0 Å². The van der Waals surface area contributed by atoms with Gasteiger partial charge in [0.1, 0.15) is 0 Å². The van der Waals surface area contributed by atoms with E-state index in [-0.39, 0.29) is 0 Å². The van der Waals surface area contributed by atoms with Crippen LogP contribution in [0.1, 0.15) is 5.69 Å². The quantitative estimate of drug-likeness (QED) is 0.667. The van der Waals surface area contributed by atoms with Gasteiger partial charge in [-0.3, -0.25) is 0 Å². The van der Waals surface area contributed by atoms with Crippen molar-refractivity contribution in [3.05, 3.63) is 42.2 Å². The largest absolute Gasteiger partial charge is 0.368 e. The van der Waals surface area contributed by atoms with E-state index < -0.39 is 0 Å². The van der Waals surface area contributed by atoms with Crippen LogP contribution < -0.4 is 5.73 Å². The fourth-order valence-corrected chi connectivity index (χ4v) is 1.95. The van der Waals surface area contributed by atoms with Gasteiger partial charge in [0.2, 0.25) is 5.95 Å². The molecule has 3 N–H and O–H groups in total. The van der Waals surface area contributed by atoms with Crippen LogP contribution >= 0.6 is 0 Å². The molecule has 0 fully saturated rings. The topological polar surface area (TPSA) is 67.6 Å². The molecule has 0 saturated carbocycles. The lowest BCUT2D eigenvalue weighted by Crippen LogP contribution is -1.98. The third-order valence-corrected chi connectivity index (χ3v) is 2.72. The Labute approximate surface area is 98.5 Å². The molecule has 84 valence electrons. The number of aryl methyl sites for hydroxylation is 1. The molecule has 2 aromatic heterocycles. The Morgan fingerprint density at radius 1 is 1.12 bits per heavy atom. The Kier molecular flexibility index (Phi) is 2.08. The van der Waals surface area contributed by atoms with Gasteiger partial charge in [-0.05, 0) is 31.2 Å². The first-order chi connectivity index (χ1) is 8.22. The number of fused-ring (bicyclic) bond motifs is 1. The minimum atomic E-state index is 0.314. The van der Waals surface area contributed by atoms with Gasteiger partial charge in [-0.25, -0.2) is 9.97 Å². The van der Waals surface area contributed by atoms with E-state index in [2.05, 4.69) is 21.0 Å². The number of aromatic amines is 1. The third kappa shape index (κ3) is 1.73. The van der Waals surface area contributed by atoms with Crippen LogP contribution in [0.5, 0.6) is 0 Å². The Balaban J connectivity index is 2.19. The monoisotopic (exact) mass is 224 g/mol. The van der Waals surface area contributed by atoms with Crippen molar-refractivity contribution in [2.24, 2.45) is 0 Å². The van der Waals surface area contributed by atoms with Crippen molar-refractivity contribution in [1.82, 2.24) is 15.0 Å². The van der Waals surface area contributed by atoms with Crippen LogP contribution in [0.4, 0.5) is 5.95 Å². The van der Waals surface area contributed by atoms with E-state index in [1.807, 2.05) is 37.4 Å². The predicted octanol–water partition coefficient (Wildman–Crippen LogP) is 2.52. The molecule has 0 saturated heterocycles. The molecule has 0 bridgehead atoms. The summed E-state index contributed by atoms with van der Waals surface area (Å²) in [6.45, 7) is 1.91. The van der Waals surface area contributed by atoms with Crippen LogP contribution in [0.2, 0.25) is 0 Å². The third-order valence-electron chi connectivity index (χ3n) is 2.72. The number of benzene rings is 1.